The first kappa shape index (κ1) is 44.4. The van der Waals surface area contributed by atoms with Crippen molar-refractivity contribution in [3.8, 4) is 0 Å². The van der Waals surface area contributed by atoms with E-state index in [9.17, 15) is 0 Å². The first-order chi connectivity index (χ1) is 1.41. The van der Waals surface area contributed by atoms with E-state index < -0.39 is 0 Å². The van der Waals surface area contributed by atoms with Crippen LogP contribution in [0.5, 0.6) is 0 Å². The van der Waals surface area contributed by atoms with Crippen LogP contribution in [0.25, 0.3) is 24.6 Å². The zero-order chi connectivity index (χ0) is 2.71. The van der Waals surface area contributed by atoms with Crippen LogP contribution in [-0.2, 0) is 12.9 Å². The minimum absolute atomic E-state index is 0. The Kier molecular flexibility index (Phi) is 416. The van der Waals surface area contributed by atoms with Gasteiger partial charge in [0.15, 0.2) is 0 Å². The van der Waals surface area contributed by atoms with Gasteiger partial charge in [0.05, 0.1) is 0 Å². The maximum absolute atomic E-state index is 4.73. The molecule has 0 aromatic heterocycles. The van der Waals surface area contributed by atoms with Gasteiger partial charge in [0, 0.05) is 0 Å². The van der Waals surface area contributed by atoms with Crippen molar-refractivity contribution in [3.63, 3.8) is 0 Å². The molecule has 7 heteroatoms. The second kappa shape index (κ2) is 65.6. The third-order valence-corrected chi connectivity index (χ3v) is 0. The molecule has 0 aromatic rings. The largest absolute Gasteiger partial charge is 0.693 e. The van der Waals surface area contributed by atoms with Crippen molar-refractivity contribution < 1.29 is 12.9 Å². The molecule has 0 radical (unpaired) electrons. The van der Waals surface area contributed by atoms with E-state index >= 15 is 0 Å². The molecule has 8 N–H and O–H groups in total. The molecule has 0 fully saturated rings. The molecule has 0 bridgehead atoms. The van der Waals surface area contributed by atoms with Crippen LogP contribution in [0.15, 0.2) is 0 Å². The molecule has 0 atom stereocenters. The van der Waals surface area contributed by atoms with Gasteiger partial charge in [0.1, 0.15) is 0 Å². The molecule has 0 rings (SSSR count). The zero-order valence-corrected chi connectivity index (χ0v) is 5.95. The third-order valence-electron chi connectivity index (χ3n) is 0. The number of halogens is 2. The summed E-state index contributed by atoms with van der Waals surface area (Å²) >= 11 is 0.382. The van der Waals surface area contributed by atoms with Gasteiger partial charge in [0.25, 0.3) is 0 Å². The minimum Gasteiger partial charge on any atom is -0.693 e. The zero-order valence-electron chi connectivity index (χ0n) is 3.40. The predicted molar refractivity (Wildman–Crippen MR) is 32.8 cm³/mol. The summed E-state index contributed by atoms with van der Waals surface area (Å²) in [6.07, 6.45) is 0. The quantitative estimate of drug-likeness (QED) is 0.544. The van der Waals surface area contributed by atoms with E-state index in [0.29, 0.717) is 12.9 Å². The molecular weight excluding hydrogens is 186 g/mol. The average Bonchev–Trinajstić information content (AvgIpc) is 0.918. The molecule has 0 aromatic carbocycles. The number of rotatable bonds is 0. The van der Waals surface area contributed by atoms with Crippen molar-refractivity contribution in [2.45, 2.75) is 0 Å². The van der Waals surface area contributed by atoms with Crippen molar-refractivity contribution in [3.05, 3.63) is 24.6 Å². The van der Waals surface area contributed by atoms with Crippen LogP contribution >= 0.6 is 20.3 Å². The summed E-state index contributed by atoms with van der Waals surface area (Å²) in [4.78, 5) is 0. The van der Waals surface area contributed by atoms with Crippen molar-refractivity contribution in [1.29, 1.82) is 0 Å². The summed E-state index contributed by atoms with van der Waals surface area (Å²) in [5, 5.41) is 0. The van der Waals surface area contributed by atoms with Gasteiger partial charge in [-0.05, 0) is 0 Å². The molecule has 0 spiro atoms. The Labute approximate surface area is 58.1 Å². The Morgan fingerprint density at radius 2 is 0.714 bits per heavy atom. The van der Waals surface area contributed by atoms with Crippen molar-refractivity contribution in [2.75, 3.05) is 0 Å². The first-order valence-corrected chi connectivity index (χ1v) is 3.12. The van der Waals surface area contributed by atoms with Crippen LogP contribution in [0, 0.1) is 0 Å². The standard InChI is InChI=1S/2ClH.Co.4H2N/h2*1H;;4*1H2/q;;+3;4*-1/p-2. The molecule has 4 nitrogen and oxygen atoms in total. The molecular formula is H8Cl2CoN4-3. The fourth-order valence-corrected chi connectivity index (χ4v) is 0. The van der Waals surface area contributed by atoms with E-state index in [1.54, 1.807) is 0 Å². The molecule has 0 aliphatic heterocycles. The second-order valence-electron chi connectivity index (χ2n) is 0.0476. The topological polar surface area (TPSA) is 134 Å². The molecule has 54 valence electrons. The fraction of sp³-hybridized carbons (Fsp3) is 0. The molecule has 0 heterocycles. The van der Waals surface area contributed by atoms with Crippen LogP contribution in [0.1, 0.15) is 0 Å². The van der Waals surface area contributed by atoms with Crippen LogP contribution in [0.3, 0.4) is 0 Å². The van der Waals surface area contributed by atoms with Crippen molar-refractivity contribution in [2.24, 2.45) is 0 Å². The van der Waals surface area contributed by atoms with E-state index in [-0.39, 0.29) is 24.6 Å². The number of hydrogen-bond donors (Lipinski definition) is 0. The van der Waals surface area contributed by atoms with Gasteiger partial charge in [-0.1, -0.05) is 0 Å². The Balaban J connectivity index is -0.00000000333. The van der Waals surface area contributed by atoms with E-state index in [1.807, 2.05) is 0 Å². The fourth-order valence-electron chi connectivity index (χ4n) is 0. The van der Waals surface area contributed by atoms with Gasteiger partial charge in [-0.2, -0.15) is 0 Å². The molecule has 7 heavy (non-hydrogen) atoms. The van der Waals surface area contributed by atoms with Crippen molar-refractivity contribution >= 4 is 20.3 Å². The molecule has 0 aliphatic carbocycles. The normalized spacial score (nSPS) is 3.14. The summed E-state index contributed by atoms with van der Waals surface area (Å²) in [6, 6.07) is 0. The smallest absolute Gasteiger partial charge is 0.693 e. The van der Waals surface area contributed by atoms with Crippen LogP contribution < -0.4 is 0 Å². The van der Waals surface area contributed by atoms with Gasteiger partial charge in [0.2, 0.25) is 0 Å². The summed E-state index contributed by atoms with van der Waals surface area (Å²) in [5.41, 5.74) is 0. The summed E-state index contributed by atoms with van der Waals surface area (Å²) in [7, 11) is 9.47. The maximum atomic E-state index is 4.73. The summed E-state index contributed by atoms with van der Waals surface area (Å²) in [6.45, 7) is 0. The molecule has 0 saturated carbocycles. The molecule has 0 aliphatic rings. The Morgan fingerprint density at radius 1 is 0.714 bits per heavy atom. The van der Waals surface area contributed by atoms with Crippen LogP contribution in [-0.4, -0.2) is 0 Å². The molecule has 0 unspecified atom stereocenters. The number of hydrogen-bond acceptors (Lipinski definition) is 0. The summed E-state index contributed by atoms with van der Waals surface area (Å²) in [5.74, 6) is 0. The van der Waals surface area contributed by atoms with E-state index in [2.05, 4.69) is 0 Å². The maximum Gasteiger partial charge on any atom is -0.693 e. The Bertz CT molecular complexity index is 9.65. The van der Waals surface area contributed by atoms with Gasteiger partial charge >= 0.3 is 33.2 Å². The van der Waals surface area contributed by atoms with Gasteiger partial charge in [-0.25, -0.2) is 0 Å². The van der Waals surface area contributed by atoms with Crippen LogP contribution in [0.4, 0.5) is 0 Å². The Morgan fingerprint density at radius 3 is 0.714 bits per heavy atom. The van der Waals surface area contributed by atoms with Crippen LogP contribution in [0.2, 0.25) is 0 Å². The molecule has 0 amide bonds. The number of nitrogens with two attached hydrogens (primary N) is 4. The Hall–Kier alpha value is 0.926. The predicted octanol–water partition coefficient (Wildman–Crippen LogP) is 4.24. The average molecular weight is 194 g/mol. The van der Waals surface area contributed by atoms with E-state index in [1.165, 1.54) is 0 Å². The third kappa shape index (κ3) is 196. The van der Waals surface area contributed by atoms with Gasteiger partial charge in [-0.15, -0.1) is 0 Å². The van der Waals surface area contributed by atoms with Gasteiger partial charge < -0.3 is 24.6 Å². The second-order valence-corrected chi connectivity index (χ2v) is 1.77. The van der Waals surface area contributed by atoms with E-state index in [4.69, 9.17) is 20.3 Å². The van der Waals surface area contributed by atoms with Gasteiger partial charge in [-0.3, -0.25) is 0 Å². The molecule has 0 saturated heterocycles. The van der Waals surface area contributed by atoms with Crippen molar-refractivity contribution in [1.82, 2.24) is 0 Å². The SMILES string of the molecule is [Cl][Co+][Cl].[NH2-].[NH2-].[NH2-].[NH2-]. The van der Waals surface area contributed by atoms with E-state index in [0.717, 1.165) is 0 Å². The first-order valence-electron chi connectivity index (χ1n) is 0.252. The monoisotopic (exact) mass is 193 g/mol. The summed E-state index contributed by atoms with van der Waals surface area (Å²) < 4.78 is 0. The minimum atomic E-state index is 0.